The molecule has 0 fully saturated rings. The van der Waals surface area contributed by atoms with E-state index < -0.39 is 0 Å². The molecule has 0 aliphatic carbocycles. The monoisotopic (exact) mass is 249 g/mol. The summed E-state index contributed by atoms with van der Waals surface area (Å²) in [6.07, 6.45) is 6.56. The van der Waals surface area contributed by atoms with Crippen LogP contribution in [-0.4, -0.2) is 18.9 Å². The van der Waals surface area contributed by atoms with Gasteiger partial charge in [-0.05, 0) is 37.3 Å². The lowest BCUT2D eigenvalue weighted by Crippen LogP contribution is -2.40. The molecule has 0 saturated carbocycles. The molecule has 0 rings (SSSR count). The highest BCUT2D eigenvalue weighted by molar-refractivity contribution is 5.81. The average molecular weight is 249 g/mol. The quantitative estimate of drug-likeness (QED) is 0.667. The molecule has 18 heavy (non-hydrogen) atoms. The summed E-state index contributed by atoms with van der Waals surface area (Å²) in [7, 11) is 1.84. The Labute approximate surface area is 112 Å². The van der Waals surface area contributed by atoms with E-state index in [1.54, 1.807) is 13.0 Å². The molecule has 0 aliphatic rings. The Morgan fingerprint density at radius 2 is 1.94 bits per heavy atom. The van der Waals surface area contributed by atoms with Gasteiger partial charge in [0.15, 0.2) is 0 Å². The van der Waals surface area contributed by atoms with Crippen molar-refractivity contribution in [3.63, 3.8) is 0 Å². The third-order valence-electron chi connectivity index (χ3n) is 3.45. The Morgan fingerprint density at radius 1 is 1.39 bits per heavy atom. The maximum Gasteiger partial charge on any atom is 0.146 e. The molecule has 0 aliphatic heterocycles. The maximum absolute atomic E-state index is 11.6. The zero-order valence-electron chi connectivity index (χ0n) is 12.4. The fraction of sp³-hybridized carbons (Fsp3) is 0.562. The lowest BCUT2D eigenvalue weighted by atomic mass is 9.74. The van der Waals surface area contributed by atoms with Gasteiger partial charge < -0.3 is 5.32 Å². The Hall–Kier alpha value is -1.15. The van der Waals surface area contributed by atoms with Crippen molar-refractivity contribution in [1.29, 1.82) is 0 Å². The Morgan fingerprint density at radius 3 is 2.28 bits per heavy atom. The molecule has 0 radical (unpaired) electrons. The van der Waals surface area contributed by atoms with Gasteiger partial charge >= 0.3 is 0 Å². The van der Waals surface area contributed by atoms with Crippen LogP contribution in [0.1, 0.15) is 34.1 Å². The van der Waals surface area contributed by atoms with Gasteiger partial charge in [0.1, 0.15) is 5.78 Å². The number of Topliss-reactive ketones (excluding diaryl/α,β-unsaturated/α-hetero) is 1. The van der Waals surface area contributed by atoms with Gasteiger partial charge in [0.05, 0.1) is 6.04 Å². The first-order valence-electron chi connectivity index (χ1n) is 6.43. The van der Waals surface area contributed by atoms with E-state index in [9.17, 15) is 4.79 Å². The minimum absolute atomic E-state index is 0.0140. The second-order valence-electron chi connectivity index (χ2n) is 5.50. The molecule has 2 nitrogen and oxygen atoms in total. The van der Waals surface area contributed by atoms with Crippen LogP contribution < -0.4 is 5.32 Å². The summed E-state index contributed by atoms with van der Waals surface area (Å²) in [6.45, 7) is 15.7. The lowest BCUT2D eigenvalue weighted by Gasteiger charge is -2.32. The summed E-state index contributed by atoms with van der Waals surface area (Å²) in [5.74, 6) is 0.462. The van der Waals surface area contributed by atoms with Gasteiger partial charge in [-0.3, -0.25) is 4.79 Å². The van der Waals surface area contributed by atoms with Gasteiger partial charge in [-0.1, -0.05) is 52.2 Å². The zero-order chi connectivity index (χ0) is 14.3. The van der Waals surface area contributed by atoms with E-state index in [-0.39, 0.29) is 23.2 Å². The normalized spacial score (nSPS) is 15.9. The first-order chi connectivity index (χ1) is 8.30. The number of nitrogens with one attached hydrogen (secondary N) is 1. The van der Waals surface area contributed by atoms with E-state index in [2.05, 4.69) is 39.2 Å². The number of ketones is 1. The number of allylic oxidation sites excluding steroid dienone is 4. The summed E-state index contributed by atoms with van der Waals surface area (Å²) in [5, 5.41) is 3.10. The molecule has 2 atom stereocenters. The smallest absolute Gasteiger partial charge is 0.146 e. The summed E-state index contributed by atoms with van der Waals surface area (Å²) in [6, 6.07) is -0.0842. The molecule has 0 aromatic carbocycles. The van der Waals surface area contributed by atoms with Crippen LogP contribution in [0, 0.1) is 11.3 Å². The predicted molar refractivity (Wildman–Crippen MR) is 79.6 cm³/mol. The van der Waals surface area contributed by atoms with Crippen LogP contribution >= 0.6 is 0 Å². The minimum Gasteiger partial charge on any atom is -0.310 e. The minimum atomic E-state index is -0.0842. The number of hydrogen-bond acceptors (Lipinski definition) is 2. The lowest BCUT2D eigenvalue weighted by molar-refractivity contribution is -0.120. The van der Waals surface area contributed by atoms with Gasteiger partial charge in [0, 0.05) is 0 Å². The number of likely N-dealkylation sites (N-methyl/N-ethyl adjacent to an activating group) is 1. The third-order valence-corrected chi connectivity index (χ3v) is 3.45. The van der Waals surface area contributed by atoms with Crippen LogP contribution in [-0.2, 0) is 4.79 Å². The zero-order valence-corrected chi connectivity index (χ0v) is 12.4. The molecule has 0 amide bonds. The van der Waals surface area contributed by atoms with Gasteiger partial charge in [0.2, 0.25) is 0 Å². The van der Waals surface area contributed by atoms with E-state index in [0.717, 1.165) is 12.0 Å². The van der Waals surface area contributed by atoms with Crippen LogP contribution in [0.25, 0.3) is 0 Å². The molecule has 102 valence electrons. The van der Waals surface area contributed by atoms with Crippen molar-refractivity contribution < 1.29 is 4.79 Å². The molecule has 0 bridgehead atoms. The van der Waals surface area contributed by atoms with Crippen LogP contribution in [0.5, 0.6) is 0 Å². The number of rotatable bonds is 8. The standard InChI is InChI=1S/C16H27NO/c1-8-10-14(9-2)16(5,6)11-12(3)15(17-7)13(4)18/h8-10,12,15,17H,1-2,11H2,3-7H3/b14-10+. The summed E-state index contributed by atoms with van der Waals surface area (Å²) in [4.78, 5) is 11.6. The molecular formula is C16H27NO. The molecule has 2 unspecified atom stereocenters. The molecule has 0 spiro atoms. The van der Waals surface area contributed by atoms with Crippen molar-refractivity contribution in [2.75, 3.05) is 7.05 Å². The molecular weight excluding hydrogens is 222 g/mol. The molecule has 0 saturated heterocycles. The van der Waals surface area contributed by atoms with E-state index in [4.69, 9.17) is 0 Å². The van der Waals surface area contributed by atoms with Crippen LogP contribution in [0.3, 0.4) is 0 Å². The van der Waals surface area contributed by atoms with Crippen molar-refractivity contribution in [3.05, 3.63) is 37.0 Å². The Kier molecular flexibility index (Phi) is 6.85. The van der Waals surface area contributed by atoms with Gasteiger partial charge in [-0.15, -0.1) is 0 Å². The summed E-state index contributed by atoms with van der Waals surface area (Å²) < 4.78 is 0. The highest BCUT2D eigenvalue weighted by Crippen LogP contribution is 2.35. The van der Waals surface area contributed by atoms with E-state index >= 15 is 0 Å². The molecule has 0 aromatic rings. The number of carbonyl (C=O) groups excluding carboxylic acids is 1. The molecule has 0 heterocycles. The van der Waals surface area contributed by atoms with Crippen molar-refractivity contribution in [2.45, 2.75) is 40.2 Å². The Bertz CT molecular complexity index is 339. The molecule has 1 N–H and O–H groups in total. The average Bonchev–Trinajstić information content (AvgIpc) is 2.24. The van der Waals surface area contributed by atoms with E-state index in [1.807, 2.05) is 19.2 Å². The Balaban J connectivity index is 4.95. The molecule has 2 heteroatoms. The van der Waals surface area contributed by atoms with Crippen molar-refractivity contribution in [2.24, 2.45) is 11.3 Å². The highest BCUT2D eigenvalue weighted by Gasteiger charge is 2.29. The first kappa shape index (κ1) is 16.9. The van der Waals surface area contributed by atoms with Crippen LogP contribution in [0.2, 0.25) is 0 Å². The number of carbonyl (C=O) groups is 1. The summed E-state index contributed by atoms with van der Waals surface area (Å²) >= 11 is 0. The van der Waals surface area contributed by atoms with Gasteiger partial charge in [-0.2, -0.15) is 0 Å². The van der Waals surface area contributed by atoms with E-state index in [1.165, 1.54) is 0 Å². The fourth-order valence-corrected chi connectivity index (χ4v) is 2.63. The third kappa shape index (κ3) is 4.61. The van der Waals surface area contributed by atoms with Crippen LogP contribution in [0.15, 0.2) is 37.0 Å². The predicted octanol–water partition coefficient (Wildman–Crippen LogP) is 3.51. The second-order valence-corrected chi connectivity index (χ2v) is 5.50. The van der Waals surface area contributed by atoms with Crippen LogP contribution in [0.4, 0.5) is 0 Å². The largest absolute Gasteiger partial charge is 0.310 e. The van der Waals surface area contributed by atoms with Crippen molar-refractivity contribution in [1.82, 2.24) is 5.32 Å². The molecule has 0 aromatic heterocycles. The van der Waals surface area contributed by atoms with Crippen molar-refractivity contribution in [3.8, 4) is 0 Å². The van der Waals surface area contributed by atoms with Gasteiger partial charge in [-0.25, -0.2) is 0 Å². The SMILES string of the molecule is C=C/C=C(\C=C)C(C)(C)CC(C)C(NC)C(C)=O. The fourth-order valence-electron chi connectivity index (χ4n) is 2.63. The first-order valence-corrected chi connectivity index (χ1v) is 6.43. The van der Waals surface area contributed by atoms with E-state index in [0.29, 0.717) is 0 Å². The van der Waals surface area contributed by atoms with Crippen molar-refractivity contribution >= 4 is 5.78 Å². The topological polar surface area (TPSA) is 29.1 Å². The second kappa shape index (κ2) is 7.32. The maximum atomic E-state index is 11.6. The summed E-state index contributed by atoms with van der Waals surface area (Å²) in [5.41, 5.74) is 1.14. The highest BCUT2D eigenvalue weighted by atomic mass is 16.1. The van der Waals surface area contributed by atoms with Gasteiger partial charge in [0.25, 0.3) is 0 Å². The number of hydrogen-bond donors (Lipinski definition) is 1.